The Balaban J connectivity index is 1.25. The van der Waals surface area contributed by atoms with Crippen LogP contribution in [0.3, 0.4) is 0 Å². The van der Waals surface area contributed by atoms with Crippen molar-refractivity contribution in [1.29, 1.82) is 0 Å². The SMILES string of the molecule is Cc1ncsc1-c1ccc(CNC(=O)[C@@H]2C[C@@H](O)CN2C(=O)C(NC(=O)CCCCCCCCOC(N)=O)C(C)(C)SC(c2ccccc2)(c2ccccc2)c2ccccc2)cc1. The van der Waals surface area contributed by atoms with Crippen molar-refractivity contribution in [2.45, 2.75) is 106 Å². The van der Waals surface area contributed by atoms with E-state index >= 15 is 4.79 Å². The maximum atomic E-state index is 15.2. The first-order valence-corrected chi connectivity index (χ1v) is 23.4. The monoisotopic (exact) mass is 889 g/mol. The van der Waals surface area contributed by atoms with Crippen LogP contribution in [0.5, 0.6) is 0 Å². The van der Waals surface area contributed by atoms with E-state index in [1.54, 1.807) is 23.1 Å². The number of primary amides is 1. The molecule has 5 aromatic rings. The lowest BCUT2D eigenvalue weighted by molar-refractivity contribution is -0.142. The zero-order valence-corrected chi connectivity index (χ0v) is 38.0. The smallest absolute Gasteiger partial charge is 0.404 e. The van der Waals surface area contributed by atoms with Gasteiger partial charge >= 0.3 is 6.09 Å². The first kappa shape index (κ1) is 47.0. The van der Waals surface area contributed by atoms with E-state index in [9.17, 15) is 19.5 Å². The summed E-state index contributed by atoms with van der Waals surface area (Å²) in [6.07, 6.45) is 3.46. The number of aliphatic hydroxyl groups excluding tert-OH is 1. The molecule has 4 amide bonds. The minimum Gasteiger partial charge on any atom is -0.450 e. The molecule has 5 N–H and O–H groups in total. The summed E-state index contributed by atoms with van der Waals surface area (Å²) in [4.78, 5) is 61.0. The largest absolute Gasteiger partial charge is 0.450 e. The van der Waals surface area contributed by atoms with Crippen LogP contribution >= 0.6 is 23.1 Å². The van der Waals surface area contributed by atoms with Gasteiger partial charge in [0.2, 0.25) is 17.7 Å². The highest BCUT2D eigenvalue weighted by atomic mass is 32.2. The molecule has 0 spiro atoms. The van der Waals surface area contributed by atoms with E-state index < -0.39 is 39.7 Å². The minimum absolute atomic E-state index is 0.0430. The number of hydrogen-bond donors (Lipinski definition) is 4. The van der Waals surface area contributed by atoms with Gasteiger partial charge in [0.15, 0.2) is 0 Å². The average Bonchev–Trinajstić information content (AvgIpc) is 3.91. The van der Waals surface area contributed by atoms with Crippen molar-refractivity contribution in [3.05, 3.63) is 149 Å². The number of nitrogens with one attached hydrogen (secondary N) is 2. The van der Waals surface area contributed by atoms with Crippen molar-refractivity contribution in [3.8, 4) is 10.4 Å². The molecule has 332 valence electrons. The molecule has 13 heteroatoms. The second kappa shape index (κ2) is 22.2. The summed E-state index contributed by atoms with van der Waals surface area (Å²) < 4.78 is 3.00. The van der Waals surface area contributed by atoms with Gasteiger partial charge in [0, 0.05) is 30.7 Å². The Kier molecular flexibility index (Phi) is 16.6. The molecule has 0 aliphatic carbocycles. The summed E-state index contributed by atoms with van der Waals surface area (Å²) in [6.45, 7) is 6.42. The number of nitrogens with two attached hydrogens (primary N) is 1. The second-order valence-corrected chi connectivity index (χ2v) is 19.3. The highest BCUT2D eigenvalue weighted by molar-refractivity contribution is 8.02. The van der Waals surface area contributed by atoms with E-state index in [-0.39, 0.29) is 37.7 Å². The van der Waals surface area contributed by atoms with Crippen molar-refractivity contribution >= 4 is 46.9 Å². The van der Waals surface area contributed by atoms with Gasteiger partial charge in [-0.3, -0.25) is 14.4 Å². The number of hydrogen-bond acceptors (Lipinski definition) is 9. The van der Waals surface area contributed by atoms with Crippen molar-refractivity contribution in [3.63, 3.8) is 0 Å². The fourth-order valence-electron chi connectivity index (χ4n) is 8.31. The van der Waals surface area contributed by atoms with Gasteiger partial charge in [-0.2, -0.15) is 0 Å². The number of thiazole rings is 1. The third-order valence-corrected chi connectivity index (χ3v) is 14.3. The number of likely N-dealkylation sites (tertiary alicyclic amines) is 1. The van der Waals surface area contributed by atoms with Gasteiger partial charge in [0.05, 0.1) is 33.5 Å². The van der Waals surface area contributed by atoms with Gasteiger partial charge in [0.25, 0.3) is 0 Å². The number of aliphatic hydroxyl groups is 1. The zero-order chi connectivity index (χ0) is 44.8. The lowest BCUT2D eigenvalue weighted by Crippen LogP contribution is -2.60. The number of nitrogens with zero attached hydrogens (tertiary/aromatic N) is 2. The summed E-state index contributed by atoms with van der Waals surface area (Å²) in [7, 11) is 0. The summed E-state index contributed by atoms with van der Waals surface area (Å²) in [5.41, 5.74) is 12.8. The van der Waals surface area contributed by atoms with Gasteiger partial charge in [0.1, 0.15) is 12.1 Å². The van der Waals surface area contributed by atoms with Crippen LogP contribution in [0, 0.1) is 6.92 Å². The molecule has 1 aliphatic rings. The third kappa shape index (κ3) is 12.2. The van der Waals surface area contributed by atoms with E-state index in [0.29, 0.717) is 13.0 Å². The molecule has 0 bridgehead atoms. The normalized spacial score (nSPS) is 15.7. The number of thioether (sulfide) groups is 1. The lowest BCUT2D eigenvalue weighted by atomic mass is 9.84. The number of ether oxygens (including phenoxy) is 1. The number of carbonyl (C=O) groups excluding carboxylic acids is 4. The number of aryl methyl sites for hydroxylation is 1. The Bertz CT molecular complexity index is 2160. The van der Waals surface area contributed by atoms with Crippen LogP contribution in [0.4, 0.5) is 4.79 Å². The molecule has 0 radical (unpaired) electrons. The lowest BCUT2D eigenvalue weighted by Gasteiger charge is -2.45. The maximum absolute atomic E-state index is 15.2. The molecule has 0 saturated carbocycles. The quantitative estimate of drug-likeness (QED) is 0.0421. The molecule has 1 fully saturated rings. The number of rotatable bonds is 21. The van der Waals surface area contributed by atoms with Gasteiger partial charge in [-0.25, -0.2) is 9.78 Å². The van der Waals surface area contributed by atoms with Gasteiger partial charge in [-0.1, -0.05) is 141 Å². The van der Waals surface area contributed by atoms with Crippen LogP contribution in [0.25, 0.3) is 10.4 Å². The number of β-amino-alcohol motifs (C(OH)–C–C–N with tert-alkyl or cyclic N) is 1. The van der Waals surface area contributed by atoms with Crippen molar-refractivity contribution < 1.29 is 29.0 Å². The molecule has 1 aliphatic heterocycles. The van der Waals surface area contributed by atoms with Gasteiger partial charge in [-0.15, -0.1) is 23.1 Å². The Morgan fingerprint density at radius 1 is 0.841 bits per heavy atom. The van der Waals surface area contributed by atoms with Crippen LogP contribution in [0.2, 0.25) is 0 Å². The van der Waals surface area contributed by atoms with Crippen LogP contribution in [0.1, 0.15) is 93.2 Å². The Morgan fingerprint density at radius 3 is 1.94 bits per heavy atom. The number of benzene rings is 4. The summed E-state index contributed by atoms with van der Waals surface area (Å²) in [5.74, 6) is -1.06. The number of carbonyl (C=O) groups is 4. The highest BCUT2D eigenvalue weighted by Gasteiger charge is 2.50. The summed E-state index contributed by atoms with van der Waals surface area (Å²) in [5, 5.41) is 17.2. The zero-order valence-electron chi connectivity index (χ0n) is 36.3. The first-order valence-electron chi connectivity index (χ1n) is 21.7. The molecule has 3 atom stereocenters. The second-order valence-electron chi connectivity index (χ2n) is 16.6. The topological polar surface area (TPSA) is 164 Å². The van der Waals surface area contributed by atoms with E-state index in [1.165, 1.54) is 4.90 Å². The standard InChI is InChI=1S/C50H59N5O6S2/c1-35-44(62-34-53-35)37-28-26-36(27-29-37)32-52-46(58)42-31-41(56)33-55(42)47(59)45(54-43(57)25-17-6-4-5-7-18-30-61-48(51)60)49(2,3)63-50(38-19-11-8-12-20-38,39-21-13-9-14-22-39)40-23-15-10-16-24-40/h8-16,19-24,26-29,34,41-42,45,56H,4-7,17-18,25,30-33H2,1-3H3,(H2,51,60)(H,52,58)(H,54,57)/t41-,42+,45?/m1/s1. The molecule has 2 heterocycles. The van der Waals surface area contributed by atoms with Gasteiger partial charge < -0.3 is 31.1 Å². The summed E-state index contributed by atoms with van der Waals surface area (Å²) >= 11 is 3.16. The maximum Gasteiger partial charge on any atom is 0.404 e. The predicted octanol–water partition coefficient (Wildman–Crippen LogP) is 8.51. The molecule has 4 aromatic carbocycles. The van der Waals surface area contributed by atoms with E-state index in [0.717, 1.165) is 70.5 Å². The summed E-state index contributed by atoms with van der Waals surface area (Å²) in [6, 6.07) is 36.5. The van der Waals surface area contributed by atoms with Crippen LogP contribution in [-0.2, 0) is 30.4 Å². The molecule has 6 rings (SSSR count). The van der Waals surface area contributed by atoms with Gasteiger partial charge in [-0.05, 0) is 61.4 Å². The number of aromatic nitrogens is 1. The molecule has 1 saturated heterocycles. The first-order chi connectivity index (χ1) is 30.4. The van der Waals surface area contributed by atoms with E-state index in [2.05, 4.69) is 52.0 Å². The number of unbranched alkanes of at least 4 members (excludes halogenated alkanes) is 5. The number of amides is 4. The minimum atomic E-state index is -1.08. The molecule has 11 nitrogen and oxygen atoms in total. The fourth-order valence-corrected chi connectivity index (χ4v) is 11.0. The Morgan fingerprint density at radius 2 is 1.40 bits per heavy atom. The Hall–Kier alpha value is -5.50. The van der Waals surface area contributed by atoms with E-state index in [1.807, 2.05) is 105 Å². The van der Waals surface area contributed by atoms with Crippen molar-refractivity contribution in [2.75, 3.05) is 13.2 Å². The fraction of sp³-hybridized carbons (Fsp3) is 0.380. The van der Waals surface area contributed by atoms with Crippen molar-refractivity contribution in [2.24, 2.45) is 5.73 Å². The highest BCUT2D eigenvalue weighted by Crippen LogP contribution is 2.54. The van der Waals surface area contributed by atoms with Crippen LogP contribution in [-0.4, -0.2) is 74.9 Å². The molecular weight excluding hydrogens is 831 g/mol. The predicted molar refractivity (Wildman–Crippen MR) is 251 cm³/mol. The van der Waals surface area contributed by atoms with Crippen LogP contribution < -0.4 is 16.4 Å². The van der Waals surface area contributed by atoms with Crippen LogP contribution in [0.15, 0.2) is 121 Å². The average molecular weight is 890 g/mol. The molecule has 1 aromatic heterocycles. The van der Waals surface area contributed by atoms with Crippen molar-refractivity contribution in [1.82, 2.24) is 20.5 Å². The third-order valence-electron chi connectivity index (χ3n) is 11.5. The molecular formula is C50H59N5O6S2. The molecule has 1 unspecified atom stereocenters. The molecule has 63 heavy (non-hydrogen) atoms. The Labute approximate surface area is 379 Å². The van der Waals surface area contributed by atoms with E-state index in [4.69, 9.17) is 10.5 Å².